The summed E-state index contributed by atoms with van der Waals surface area (Å²) in [6.45, 7) is 2.98. The highest BCUT2D eigenvalue weighted by Gasteiger charge is 2.42. The second kappa shape index (κ2) is 6.37. The topological polar surface area (TPSA) is 47.3 Å². The molecule has 1 heterocycles. The summed E-state index contributed by atoms with van der Waals surface area (Å²) in [5.41, 5.74) is 5.73. The van der Waals surface area contributed by atoms with Gasteiger partial charge in [0.1, 0.15) is 0 Å². The van der Waals surface area contributed by atoms with E-state index >= 15 is 0 Å². The Hall–Kier alpha value is -0.420. The first-order chi connectivity index (χ1) is 10.1. The number of benzene rings is 1. The van der Waals surface area contributed by atoms with E-state index in [4.69, 9.17) is 10.6 Å². The van der Waals surface area contributed by atoms with Crippen LogP contribution in [-0.4, -0.2) is 12.2 Å². The molecule has 0 bridgehead atoms. The molecule has 0 amide bonds. The molecule has 1 aromatic rings. The average molecular weight is 353 g/mol. The number of ether oxygens (including phenoxy) is 1. The fourth-order valence-electron chi connectivity index (χ4n) is 4.08. The highest BCUT2D eigenvalue weighted by molar-refractivity contribution is 9.10. The summed E-state index contributed by atoms with van der Waals surface area (Å²) in [4.78, 5) is 0. The Kier molecular flexibility index (Phi) is 4.69. The number of nitrogens with one attached hydrogen (secondary N) is 1. The monoisotopic (exact) mass is 352 g/mol. The third kappa shape index (κ3) is 3.19. The van der Waals surface area contributed by atoms with E-state index in [0.717, 1.165) is 23.9 Å². The average Bonchev–Trinajstić information content (AvgIpc) is 2.90. The van der Waals surface area contributed by atoms with Gasteiger partial charge < -0.3 is 4.74 Å². The van der Waals surface area contributed by atoms with Crippen LogP contribution >= 0.6 is 15.9 Å². The van der Waals surface area contributed by atoms with Crippen molar-refractivity contribution >= 4 is 15.9 Å². The number of rotatable bonds is 3. The zero-order chi connectivity index (χ0) is 14.9. The molecule has 1 saturated heterocycles. The Morgan fingerprint density at radius 2 is 2.14 bits per heavy atom. The largest absolute Gasteiger partial charge is 0.375 e. The van der Waals surface area contributed by atoms with Crippen molar-refractivity contribution in [3.05, 3.63) is 33.8 Å². The van der Waals surface area contributed by atoms with Gasteiger partial charge in [0.05, 0.1) is 11.6 Å². The Balaban J connectivity index is 1.82. The van der Waals surface area contributed by atoms with Gasteiger partial charge in [0.15, 0.2) is 0 Å². The van der Waals surface area contributed by atoms with Gasteiger partial charge in [-0.15, -0.1) is 0 Å². The molecule has 2 unspecified atom stereocenters. The first kappa shape index (κ1) is 15.5. The van der Waals surface area contributed by atoms with E-state index in [2.05, 4.69) is 46.5 Å². The Labute approximate surface area is 135 Å². The van der Waals surface area contributed by atoms with Crippen LogP contribution in [0.4, 0.5) is 0 Å². The molecular formula is C17H25BrN2O. The molecule has 0 radical (unpaired) electrons. The minimum atomic E-state index is 0.134. The second-order valence-electron chi connectivity index (χ2n) is 6.66. The Morgan fingerprint density at radius 3 is 2.81 bits per heavy atom. The molecule has 0 aromatic heterocycles. The third-order valence-corrected chi connectivity index (χ3v) is 5.87. The van der Waals surface area contributed by atoms with Gasteiger partial charge in [-0.1, -0.05) is 40.9 Å². The van der Waals surface area contributed by atoms with Crippen molar-refractivity contribution in [3.8, 4) is 0 Å². The molecule has 2 aliphatic rings. The number of hydrazine groups is 1. The molecule has 116 valence electrons. The van der Waals surface area contributed by atoms with Crippen molar-refractivity contribution in [2.24, 2.45) is 11.8 Å². The summed E-state index contributed by atoms with van der Waals surface area (Å²) < 4.78 is 7.31. The first-order valence-corrected chi connectivity index (χ1v) is 8.79. The molecule has 4 heteroatoms. The molecule has 1 saturated carbocycles. The van der Waals surface area contributed by atoms with Gasteiger partial charge in [-0.05, 0) is 55.7 Å². The van der Waals surface area contributed by atoms with Crippen LogP contribution < -0.4 is 11.3 Å². The summed E-state index contributed by atoms with van der Waals surface area (Å²) in [6.07, 6.45) is 7.26. The summed E-state index contributed by atoms with van der Waals surface area (Å²) >= 11 is 3.70. The zero-order valence-corrected chi connectivity index (χ0v) is 14.3. The van der Waals surface area contributed by atoms with Gasteiger partial charge in [0.25, 0.3) is 0 Å². The fraction of sp³-hybridized carbons (Fsp3) is 0.647. The van der Waals surface area contributed by atoms with Crippen molar-refractivity contribution in [1.29, 1.82) is 0 Å². The highest BCUT2D eigenvalue weighted by atomic mass is 79.9. The van der Waals surface area contributed by atoms with Crippen LogP contribution in [-0.2, 0) is 4.74 Å². The molecule has 2 fully saturated rings. The molecule has 3 rings (SSSR count). The van der Waals surface area contributed by atoms with Crippen molar-refractivity contribution in [2.45, 2.75) is 57.1 Å². The predicted molar refractivity (Wildman–Crippen MR) is 88.8 cm³/mol. The number of nitrogens with two attached hydrogens (primary N) is 1. The van der Waals surface area contributed by atoms with Gasteiger partial charge in [-0.3, -0.25) is 11.3 Å². The smallest absolute Gasteiger partial charge is 0.0686 e. The molecule has 21 heavy (non-hydrogen) atoms. The molecular weight excluding hydrogens is 328 g/mol. The van der Waals surface area contributed by atoms with E-state index in [9.17, 15) is 0 Å². The van der Waals surface area contributed by atoms with E-state index in [1.807, 2.05) is 0 Å². The second-order valence-corrected chi connectivity index (χ2v) is 7.52. The van der Waals surface area contributed by atoms with Crippen molar-refractivity contribution in [2.75, 3.05) is 6.61 Å². The molecule has 3 N–H and O–H groups in total. The van der Waals surface area contributed by atoms with Crippen molar-refractivity contribution in [3.63, 3.8) is 0 Å². The lowest BCUT2D eigenvalue weighted by Gasteiger charge is -2.41. The van der Waals surface area contributed by atoms with Crippen molar-refractivity contribution < 1.29 is 4.74 Å². The molecule has 1 aliphatic carbocycles. The van der Waals surface area contributed by atoms with Gasteiger partial charge >= 0.3 is 0 Å². The molecule has 1 aliphatic heterocycles. The van der Waals surface area contributed by atoms with Crippen LogP contribution in [0.3, 0.4) is 0 Å². The summed E-state index contributed by atoms with van der Waals surface area (Å²) in [7, 11) is 0. The van der Waals surface area contributed by atoms with Crippen LogP contribution in [0.5, 0.6) is 0 Å². The fourth-order valence-corrected chi connectivity index (χ4v) is 4.82. The quantitative estimate of drug-likeness (QED) is 0.638. The first-order valence-electron chi connectivity index (χ1n) is 8.00. The number of hydrogen-bond donors (Lipinski definition) is 2. The zero-order valence-electron chi connectivity index (χ0n) is 12.7. The minimum Gasteiger partial charge on any atom is -0.375 e. The van der Waals surface area contributed by atoms with E-state index in [-0.39, 0.29) is 11.6 Å². The lowest BCUT2D eigenvalue weighted by atomic mass is 9.78. The van der Waals surface area contributed by atoms with Crippen LogP contribution in [0.15, 0.2) is 22.7 Å². The summed E-state index contributed by atoms with van der Waals surface area (Å²) in [6, 6.07) is 6.72. The van der Waals surface area contributed by atoms with E-state index in [1.54, 1.807) is 0 Å². The van der Waals surface area contributed by atoms with Crippen LogP contribution in [0.25, 0.3) is 0 Å². The van der Waals surface area contributed by atoms with E-state index in [0.29, 0.717) is 5.92 Å². The standard InChI is InChI=1S/C17H25BrN2O/c1-12-4-5-14(15(18)10-12)16(20-19)13-6-9-21-17(11-13)7-2-3-8-17/h4-5,10,13,16,20H,2-3,6-9,11,19H2,1H3. The van der Waals surface area contributed by atoms with Crippen LogP contribution in [0.2, 0.25) is 0 Å². The van der Waals surface area contributed by atoms with Gasteiger partial charge in [-0.25, -0.2) is 0 Å². The lowest BCUT2D eigenvalue weighted by Crippen LogP contribution is -2.43. The normalized spacial score (nSPS) is 26.1. The van der Waals surface area contributed by atoms with E-state index in [1.165, 1.54) is 36.8 Å². The van der Waals surface area contributed by atoms with Crippen molar-refractivity contribution in [1.82, 2.24) is 5.43 Å². The minimum absolute atomic E-state index is 0.134. The molecule has 2 atom stereocenters. The van der Waals surface area contributed by atoms with Crippen LogP contribution in [0.1, 0.15) is 55.7 Å². The maximum atomic E-state index is 6.16. The molecule has 3 nitrogen and oxygen atoms in total. The predicted octanol–water partition coefficient (Wildman–Crippen LogP) is 4.00. The van der Waals surface area contributed by atoms with Gasteiger partial charge in [0.2, 0.25) is 0 Å². The molecule has 1 aromatic carbocycles. The Morgan fingerprint density at radius 1 is 1.38 bits per heavy atom. The summed E-state index contributed by atoms with van der Waals surface area (Å²) in [5, 5.41) is 0. The number of halogens is 1. The third-order valence-electron chi connectivity index (χ3n) is 5.19. The molecule has 1 spiro atoms. The van der Waals surface area contributed by atoms with E-state index < -0.39 is 0 Å². The lowest BCUT2D eigenvalue weighted by molar-refractivity contribution is -0.0982. The maximum absolute atomic E-state index is 6.16. The SMILES string of the molecule is Cc1ccc(C(NN)C2CCOC3(CCCC3)C2)c(Br)c1. The number of hydrogen-bond acceptors (Lipinski definition) is 3. The summed E-state index contributed by atoms with van der Waals surface area (Å²) in [5.74, 6) is 6.46. The Bertz CT molecular complexity index is 500. The maximum Gasteiger partial charge on any atom is 0.0686 e. The van der Waals surface area contributed by atoms with Gasteiger partial charge in [0, 0.05) is 11.1 Å². The van der Waals surface area contributed by atoms with Gasteiger partial charge in [-0.2, -0.15) is 0 Å². The highest BCUT2D eigenvalue weighted by Crippen LogP contribution is 2.45. The number of aryl methyl sites for hydroxylation is 1. The van der Waals surface area contributed by atoms with Crippen LogP contribution in [0, 0.1) is 12.8 Å².